The molecule has 106 valence electrons. The lowest BCUT2D eigenvalue weighted by Gasteiger charge is -2.10. The van der Waals surface area contributed by atoms with Gasteiger partial charge in [0.2, 0.25) is 0 Å². The molecule has 0 radical (unpaired) electrons. The average Bonchev–Trinajstić information content (AvgIpc) is 2.89. The average molecular weight is 274 g/mol. The Morgan fingerprint density at radius 1 is 1.40 bits per heavy atom. The van der Waals surface area contributed by atoms with Crippen molar-refractivity contribution in [1.82, 2.24) is 15.1 Å². The van der Waals surface area contributed by atoms with Gasteiger partial charge >= 0.3 is 0 Å². The highest BCUT2D eigenvalue weighted by molar-refractivity contribution is 5.33. The minimum atomic E-state index is -0.394. The maximum absolute atomic E-state index is 10.6. The van der Waals surface area contributed by atoms with Gasteiger partial charge in [-0.25, -0.2) is 0 Å². The normalized spacial score (nSPS) is 12.3. The second kappa shape index (κ2) is 6.29. The van der Waals surface area contributed by atoms with E-state index in [1.165, 1.54) is 12.1 Å². The van der Waals surface area contributed by atoms with E-state index >= 15 is 0 Å². The Balaban J connectivity index is 2.08. The van der Waals surface area contributed by atoms with E-state index in [4.69, 9.17) is 0 Å². The van der Waals surface area contributed by atoms with Crippen molar-refractivity contribution in [3.05, 3.63) is 57.9 Å². The smallest absolute Gasteiger partial charge is 0.269 e. The highest BCUT2D eigenvalue weighted by Gasteiger charge is 2.09. The van der Waals surface area contributed by atoms with Crippen LogP contribution in [0.15, 0.2) is 36.7 Å². The van der Waals surface area contributed by atoms with Crippen LogP contribution in [0.25, 0.3) is 0 Å². The summed E-state index contributed by atoms with van der Waals surface area (Å²) >= 11 is 0. The van der Waals surface area contributed by atoms with Crippen LogP contribution in [-0.2, 0) is 6.54 Å². The topological polar surface area (TPSA) is 73.0 Å². The summed E-state index contributed by atoms with van der Waals surface area (Å²) in [6, 6.07) is 6.86. The summed E-state index contributed by atoms with van der Waals surface area (Å²) < 4.78 is 1.84. The number of rotatable bonds is 6. The number of hydrogen-bond acceptors (Lipinski definition) is 4. The van der Waals surface area contributed by atoms with Crippen LogP contribution >= 0.6 is 0 Å². The molecule has 0 bridgehead atoms. The van der Waals surface area contributed by atoms with Gasteiger partial charge in [0, 0.05) is 29.9 Å². The van der Waals surface area contributed by atoms with E-state index < -0.39 is 4.92 Å². The molecule has 6 heteroatoms. The highest BCUT2D eigenvalue weighted by Crippen LogP contribution is 2.16. The number of aromatic nitrogens is 2. The number of nitro groups is 1. The molecule has 1 N–H and O–H groups in total. The summed E-state index contributed by atoms with van der Waals surface area (Å²) in [4.78, 5) is 10.2. The summed E-state index contributed by atoms with van der Waals surface area (Å²) in [7, 11) is 1.93. The molecule has 0 saturated heterocycles. The zero-order chi connectivity index (χ0) is 14.5. The van der Waals surface area contributed by atoms with Crippen LogP contribution in [0.5, 0.6) is 0 Å². The summed E-state index contributed by atoms with van der Waals surface area (Å²) in [5, 5.41) is 18.2. The molecular weight excluding hydrogens is 256 g/mol. The third kappa shape index (κ3) is 3.21. The molecule has 0 saturated carbocycles. The molecule has 1 heterocycles. The Hall–Kier alpha value is -2.21. The Kier molecular flexibility index (Phi) is 4.47. The van der Waals surface area contributed by atoms with E-state index in [2.05, 4.69) is 17.3 Å². The molecule has 0 spiro atoms. The number of nitro benzene ring substituents is 1. The Labute approximate surface area is 117 Å². The van der Waals surface area contributed by atoms with Gasteiger partial charge in [-0.1, -0.05) is 19.1 Å². The van der Waals surface area contributed by atoms with Crippen molar-refractivity contribution in [2.75, 3.05) is 7.05 Å². The molecule has 1 aromatic heterocycles. The lowest BCUT2D eigenvalue weighted by molar-refractivity contribution is -0.384. The van der Waals surface area contributed by atoms with Gasteiger partial charge in [-0.2, -0.15) is 5.10 Å². The molecule has 1 aromatic carbocycles. The molecule has 2 rings (SSSR count). The number of benzene rings is 1. The van der Waals surface area contributed by atoms with E-state index in [-0.39, 0.29) is 5.69 Å². The minimum Gasteiger partial charge on any atom is -0.313 e. The number of hydrogen-bond donors (Lipinski definition) is 1. The predicted molar refractivity (Wildman–Crippen MR) is 76.5 cm³/mol. The predicted octanol–water partition coefficient (Wildman–Crippen LogP) is 2.51. The van der Waals surface area contributed by atoms with Crippen LogP contribution in [0.4, 0.5) is 5.69 Å². The quantitative estimate of drug-likeness (QED) is 0.649. The Morgan fingerprint density at radius 2 is 2.10 bits per heavy atom. The maximum atomic E-state index is 10.6. The monoisotopic (exact) mass is 274 g/mol. The lowest BCUT2D eigenvalue weighted by Crippen LogP contribution is -2.14. The summed E-state index contributed by atoms with van der Waals surface area (Å²) in [5.74, 6) is 0. The van der Waals surface area contributed by atoms with Gasteiger partial charge in [-0.3, -0.25) is 14.8 Å². The van der Waals surface area contributed by atoms with Crippen molar-refractivity contribution in [1.29, 1.82) is 0 Å². The summed E-state index contributed by atoms with van der Waals surface area (Å²) in [6.45, 7) is 2.73. The van der Waals surface area contributed by atoms with E-state index in [9.17, 15) is 10.1 Å². The molecule has 1 atom stereocenters. The zero-order valence-electron chi connectivity index (χ0n) is 11.6. The first-order valence-electron chi connectivity index (χ1n) is 6.57. The van der Waals surface area contributed by atoms with E-state index in [0.29, 0.717) is 12.6 Å². The number of non-ortho nitro benzene ring substituents is 1. The first-order valence-corrected chi connectivity index (χ1v) is 6.57. The van der Waals surface area contributed by atoms with Crippen LogP contribution in [0, 0.1) is 10.1 Å². The number of nitrogens with one attached hydrogen (secondary N) is 1. The van der Waals surface area contributed by atoms with Crippen LogP contribution < -0.4 is 5.32 Å². The van der Waals surface area contributed by atoms with Gasteiger partial charge in [-0.15, -0.1) is 0 Å². The van der Waals surface area contributed by atoms with Gasteiger partial charge in [-0.05, 0) is 19.0 Å². The third-order valence-corrected chi connectivity index (χ3v) is 3.30. The third-order valence-electron chi connectivity index (χ3n) is 3.30. The molecule has 2 aromatic rings. The largest absolute Gasteiger partial charge is 0.313 e. The SMILES string of the molecule is CCC(NC)c1cnn(Cc2ccc([N+](=O)[O-])cc2)c1. The first kappa shape index (κ1) is 14.2. The van der Waals surface area contributed by atoms with E-state index in [1.54, 1.807) is 12.1 Å². The molecule has 0 fully saturated rings. The molecule has 0 aliphatic carbocycles. The fourth-order valence-corrected chi connectivity index (χ4v) is 2.16. The first-order chi connectivity index (χ1) is 9.63. The second-order valence-electron chi connectivity index (χ2n) is 4.64. The van der Waals surface area contributed by atoms with Crippen molar-refractivity contribution in [3.63, 3.8) is 0 Å². The molecular formula is C14H18N4O2. The Bertz CT molecular complexity index is 573. The van der Waals surface area contributed by atoms with Crippen molar-refractivity contribution < 1.29 is 4.92 Å². The Morgan fingerprint density at radius 3 is 2.65 bits per heavy atom. The van der Waals surface area contributed by atoms with Crippen molar-refractivity contribution in [3.8, 4) is 0 Å². The fraction of sp³-hybridized carbons (Fsp3) is 0.357. The lowest BCUT2D eigenvalue weighted by atomic mass is 10.1. The fourth-order valence-electron chi connectivity index (χ4n) is 2.16. The van der Waals surface area contributed by atoms with E-state index in [0.717, 1.165) is 17.5 Å². The van der Waals surface area contributed by atoms with Gasteiger partial charge in [0.15, 0.2) is 0 Å². The van der Waals surface area contributed by atoms with Crippen molar-refractivity contribution in [2.24, 2.45) is 0 Å². The maximum Gasteiger partial charge on any atom is 0.269 e. The van der Waals surface area contributed by atoms with Crippen molar-refractivity contribution >= 4 is 5.69 Å². The van der Waals surface area contributed by atoms with Crippen molar-refractivity contribution in [2.45, 2.75) is 25.9 Å². The zero-order valence-corrected chi connectivity index (χ0v) is 11.6. The van der Waals surface area contributed by atoms with Gasteiger partial charge in [0.1, 0.15) is 0 Å². The molecule has 0 amide bonds. The van der Waals surface area contributed by atoms with Gasteiger partial charge < -0.3 is 5.32 Å². The highest BCUT2D eigenvalue weighted by atomic mass is 16.6. The van der Waals surface area contributed by atoms with Gasteiger partial charge in [0.05, 0.1) is 17.7 Å². The van der Waals surface area contributed by atoms with Crippen LogP contribution in [0.2, 0.25) is 0 Å². The number of nitrogens with zero attached hydrogens (tertiary/aromatic N) is 3. The standard InChI is InChI=1S/C14H18N4O2/c1-3-14(15-2)12-8-16-17(10-12)9-11-4-6-13(7-5-11)18(19)20/h4-8,10,14-15H,3,9H2,1-2H3. The molecule has 0 aliphatic rings. The van der Waals surface area contributed by atoms with Crippen LogP contribution in [0.1, 0.15) is 30.5 Å². The second-order valence-corrected chi connectivity index (χ2v) is 4.64. The molecule has 6 nitrogen and oxygen atoms in total. The van der Waals surface area contributed by atoms with E-state index in [1.807, 2.05) is 24.1 Å². The summed E-state index contributed by atoms with van der Waals surface area (Å²) in [6.07, 6.45) is 4.86. The molecule has 1 unspecified atom stereocenters. The minimum absolute atomic E-state index is 0.108. The summed E-state index contributed by atoms with van der Waals surface area (Å²) in [5.41, 5.74) is 2.25. The van der Waals surface area contributed by atoms with Gasteiger partial charge in [0.25, 0.3) is 5.69 Å². The molecule has 0 aliphatic heterocycles. The van der Waals surface area contributed by atoms with Crippen LogP contribution in [0.3, 0.4) is 0 Å². The van der Waals surface area contributed by atoms with Crippen LogP contribution in [-0.4, -0.2) is 21.8 Å². The molecule has 20 heavy (non-hydrogen) atoms.